The number of carbonyl (C=O) groups excluding carboxylic acids is 1. The van der Waals surface area contributed by atoms with E-state index in [1.807, 2.05) is 0 Å². The van der Waals surface area contributed by atoms with Crippen molar-refractivity contribution in [3.05, 3.63) is 0 Å². The molecule has 0 aliphatic carbocycles. The fourth-order valence-electron chi connectivity index (χ4n) is 1.53. The molecule has 0 aromatic rings. The molecule has 0 spiro atoms. The first-order valence-corrected chi connectivity index (χ1v) is 4.92. The van der Waals surface area contributed by atoms with Gasteiger partial charge in [-0.3, -0.25) is 0 Å². The fourth-order valence-corrected chi connectivity index (χ4v) is 3.04. The van der Waals surface area contributed by atoms with Crippen molar-refractivity contribution in [1.82, 2.24) is 0 Å². The van der Waals surface area contributed by atoms with Gasteiger partial charge in [-0.15, -0.1) is 0 Å². The molecule has 2 rings (SSSR count). The van der Waals surface area contributed by atoms with E-state index >= 15 is 0 Å². The van der Waals surface area contributed by atoms with Crippen LogP contribution in [0.2, 0.25) is 0 Å². The average molecular weight is 224 g/mol. The number of hydrogen-bond donors (Lipinski definition) is 4. The molecule has 2 aliphatic rings. The summed E-state index contributed by atoms with van der Waals surface area (Å²) in [6.45, 7) is -0.770. The van der Waals surface area contributed by atoms with Crippen LogP contribution in [0.4, 0.5) is 0 Å². The van der Waals surface area contributed by atoms with Gasteiger partial charge in [0, 0.05) is 11.2 Å². The highest BCUT2D eigenvalue weighted by molar-refractivity contribution is 8.02. The van der Waals surface area contributed by atoms with Gasteiger partial charge in [0.05, 0.1) is 6.61 Å². The fraction of sp³-hybridized carbons (Fsp3) is 0.833. The van der Waals surface area contributed by atoms with E-state index in [1.54, 1.807) is 0 Å². The molecule has 0 bridgehead atoms. The molecule has 4 N–H and O–H groups in total. The van der Waals surface area contributed by atoms with Crippen molar-refractivity contribution in [3.63, 3.8) is 0 Å². The maximum Gasteiger partial charge on any atom is 0.405 e. The van der Waals surface area contributed by atoms with E-state index in [1.165, 1.54) is 0 Å². The number of carbonyl (C=O) groups is 1. The zero-order chi connectivity index (χ0) is 10.7. The lowest BCUT2D eigenvalue weighted by atomic mass is 10.1. The van der Waals surface area contributed by atoms with Crippen molar-refractivity contribution in [3.8, 4) is 0 Å². The van der Waals surface area contributed by atoms with Crippen molar-refractivity contribution < 1.29 is 34.5 Å². The van der Waals surface area contributed by atoms with Gasteiger partial charge in [0.2, 0.25) is 6.10 Å². The highest BCUT2D eigenvalue weighted by Crippen LogP contribution is 2.61. The molecule has 0 aromatic heterocycles. The lowest BCUT2D eigenvalue weighted by molar-refractivity contribution is -0.153. The Morgan fingerprint density at radius 1 is 1.64 bits per heavy atom. The molecule has 1 unspecified atom stereocenters. The molecule has 14 heavy (non-hydrogen) atoms. The Bertz CT molecular complexity index is 296. The summed E-state index contributed by atoms with van der Waals surface area (Å²) in [5, 5.41) is 36.6. The van der Waals surface area contributed by atoms with Crippen LogP contribution in [0.15, 0.2) is 0 Å². The van der Waals surface area contributed by atoms with Crippen LogP contribution in [-0.2, 0) is 20.7 Å². The minimum Gasteiger partial charge on any atom is -0.611 e. The van der Waals surface area contributed by atoms with E-state index in [0.29, 0.717) is 0 Å². The standard InChI is InChI=1S/C6H8O7S/c7-1-2(8)3-5(10)6(11,14(5)12)4(9)13-3/h2-3,7-8,10-11H,1H2/t2-,3-,5-,6+,14?/m1/s1. The van der Waals surface area contributed by atoms with E-state index in [9.17, 15) is 19.6 Å². The Balaban J connectivity index is 2.30. The predicted octanol–water partition coefficient (Wildman–Crippen LogP) is -3.60. The molecule has 2 heterocycles. The van der Waals surface area contributed by atoms with Crippen LogP contribution in [-0.4, -0.2) is 59.6 Å². The summed E-state index contributed by atoms with van der Waals surface area (Å²) in [6, 6.07) is 0. The summed E-state index contributed by atoms with van der Waals surface area (Å²) in [5.41, 5.74) is 0. The van der Waals surface area contributed by atoms with Crippen molar-refractivity contribution >= 4 is 17.1 Å². The number of cyclic esters (lactones) is 1. The van der Waals surface area contributed by atoms with Crippen LogP contribution in [0.1, 0.15) is 0 Å². The molecule has 0 radical (unpaired) electrons. The lowest BCUT2D eigenvalue weighted by Gasteiger charge is -2.17. The highest BCUT2D eigenvalue weighted by Gasteiger charge is 2.99. The van der Waals surface area contributed by atoms with Gasteiger partial charge in [0.15, 0.2) is 0 Å². The topological polar surface area (TPSA) is 130 Å². The van der Waals surface area contributed by atoms with Gasteiger partial charge in [-0.2, -0.15) is 0 Å². The molecule has 0 saturated carbocycles. The van der Waals surface area contributed by atoms with Gasteiger partial charge in [0.25, 0.3) is 0 Å². The summed E-state index contributed by atoms with van der Waals surface area (Å²) < 4.78 is 15.5. The molecule has 80 valence electrons. The largest absolute Gasteiger partial charge is 0.611 e. The summed E-state index contributed by atoms with van der Waals surface area (Å²) in [5.74, 6) is -1.24. The Kier molecular flexibility index (Phi) is 1.88. The Labute approximate surface area is 81.1 Å². The monoisotopic (exact) mass is 224 g/mol. The molecule has 2 saturated heterocycles. The molecule has 7 nitrogen and oxygen atoms in total. The molecule has 2 fully saturated rings. The van der Waals surface area contributed by atoms with Crippen LogP contribution < -0.4 is 0 Å². The SMILES string of the molecule is O=C1O[C@H]([C@H](O)CO)[C@@]2(O)[S+]([O-])[C@@]12O. The normalized spacial score (nSPS) is 52.5. The van der Waals surface area contributed by atoms with Gasteiger partial charge < -0.3 is 29.7 Å². The van der Waals surface area contributed by atoms with E-state index < -0.39 is 45.8 Å². The average Bonchev–Trinajstić information content (AvgIpc) is 2.50. The second-order valence-corrected chi connectivity index (χ2v) is 4.94. The number of esters is 1. The first kappa shape index (κ1) is 10.1. The predicted molar refractivity (Wildman–Crippen MR) is 41.0 cm³/mol. The highest BCUT2D eigenvalue weighted by atomic mass is 32.2. The van der Waals surface area contributed by atoms with E-state index in [2.05, 4.69) is 4.74 Å². The van der Waals surface area contributed by atoms with Gasteiger partial charge in [-0.25, -0.2) is 4.79 Å². The van der Waals surface area contributed by atoms with Gasteiger partial charge in [0.1, 0.15) is 6.10 Å². The van der Waals surface area contributed by atoms with E-state index in [0.717, 1.165) is 0 Å². The van der Waals surface area contributed by atoms with Gasteiger partial charge >= 0.3 is 15.8 Å². The minimum atomic E-state index is -2.44. The first-order valence-electron chi connectivity index (χ1n) is 3.77. The zero-order valence-electron chi connectivity index (χ0n) is 6.78. The molecule has 5 atom stereocenters. The van der Waals surface area contributed by atoms with Crippen molar-refractivity contribution in [2.24, 2.45) is 0 Å². The smallest absolute Gasteiger partial charge is 0.405 e. The number of rotatable bonds is 2. The van der Waals surface area contributed by atoms with Crippen molar-refractivity contribution in [2.45, 2.75) is 22.1 Å². The van der Waals surface area contributed by atoms with Crippen molar-refractivity contribution in [2.75, 3.05) is 6.61 Å². The molecule has 0 aromatic carbocycles. The molecular weight excluding hydrogens is 216 g/mol. The van der Waals surface area contributed by atoms with Crippen LogP contribution in [0, 0.1) is 0 Å². The number of hydrogen-bond acceptors (Lipinski definition) is 7. The van der Waals surface area contributed by atoms with E-state index in [-0.39, 0.29) is 0 Å². The maximum absolute atomic E-state index is 11.1. The summed E-state index contributed by atoms with van der Waals surface area (Å²) >= 11 is -2.20. The Hall–Kier alpha value is -0.380. The maximum atomic E-state index is 11.1. The van der Waals surface area contributed by atoms with Crippen LogP contribution in [0.5, 0.6) is 0 Å². The third kappa shape index (κ3) is 0.794. The number of fused-ring (bicyclic) bond motifs is 1. The van der Waals surface area contributed by atoms with Crippen LogP contribution in [0.3, 0.4) is 0 Å². The van der Waals surface area contributed by atoms with Crippen molar-refractivity contribution in [1.29, 1.82) is 0 Å². The summed E-state index contributed by atoms with van der Waals surface area (Å²) in [7, 11) is 0. The molecule has 2 aliphatic heterocycles. The zero-order valence-corrected chi connectivity index (χ0v) is 7.60. The summed E-state index contributed by atoms with van der Waals surface area (Å²) in [4.78, 5) is 6.24. The summed E-state index contributed by atoms with van der Waals surface area (Å²) in [6.07, 6.45) is -3.12. The third-order valence-corrected chi connectivity index (χ3v) is 4.33. The molecule has 0 amide bonds. The Morgan fingerprint density at radius 3 is 2.57 bits per heavy atom. The lowest BCUT2D eigenvalue weighted by Crippen LogP contribution is -2.43. The van der Waals surface area contributed by atoms with Gasteiger partial charge in [-0.1, -0.05) is 0 Å². The first-order chi connectivity index (χ1) is 6.40. The minimum absolute atomic E-state index is 0.770. The second-order valence-electron chi connectivity index (χ2n) is 3.19. The van der Waals surface area contributed by atoms with Crippen LogP contribution >= 0.6 is 0 Å². The number of aliphatic hydroxyl groups excluding tert-OH is 2. The number of ether oxygens (including phenoxy) is 1. The van der Waals surface area contributed by atoms with Gasteiger partial charge in [-0.05, 0) is 0 Å². The van der Waals surface area contributed by atoms with Crippen LogP contribution in [0.25, 0.3) is 0 Å². The Morgan fingerprint density at radius 2 is 2.21 bits per heavy atom. The van der Waals surface area contributed by atoms with E-state index in [4.69, 9.17) is 10.2 Å². The quantitative estimate of drug-likeness (QED) is 0.216. The third-order valence-electron chi connectivity index (χ3n) is 2.43. The number of aliphatic hydroxyl groups is 4. The molecule has 8 heteroatoms. The second kappa shape index (κ2) is 2.60. The molecular formula is C6H8O7S.